The summed E-state index contributed by atoms with van der Waals surface area (Å²) in [6.45, 7) is 3.83. The molecule has 1 unspecified atom stereocenters. The normalized spacial score (nSPS) is 24.5. The number of amides is 1. The van der Waals surface area contributed by atoms with Gasteiger partial charge in [0.1, 0.15) is 17.0 Å². The van der Waals surface area contributed by atoms with E-state index in [0.29, 0.717) is 23.2 Å². The minimum Gasteiger partial charge on any atom is -0.512 e. The number of aliphatic hydroxyl groups is 1. The molecule has 0 radical (unpaired) electrons. The lowest BCUT2D eigenvalue weighted by Crippen LogP contribution is -2.44. The van der Waals surface area contributed by atoms with Crippen molar-refractivity contribution in [1.82, 2.24) is 10.2 Å². The van der Waals surface area contributed by atoms with Crippen LogP contribution in [0.2, 0.25) is 0 Å². The Kier molecular flexibility index (Phi) is 3.28. The maximum absolute atomic E-state index is 13.2. The van der Waals surface area contributed by atoms with Gasteiger partial charge < -0.3 is 16.2 Å². The zero-order valence-corrected chi connectivity index (χ0v) is 14.6. The van der Waals surface area contributed by atoms with E-state index in [1.165, 1.54) is 6.20 Å². The summed E-state index contributed by atoms with van der Waals surface area (Å²) in [5.41, 5.74) is 5.83. The predicted octanol–water partition coefficient (Wildman–Crippen LogP) is 2.43. The van der Waals surface area contributed by atoms with Crippen molar-refractivity contribution in [2.75, 3.05) is 11.1 Å². The van der Waals surface area contributed by atoms with E-state index >= 15 is 0 Å². The third-order valence-corrected chi connectivity index (χ3v) is 5.22. The monoisotopic (exact) mass is 352 g/mol. The molecule has 0 spiro atoms. The first kappa shape index (κ1) is 16.4. The average Bonchev–Trinajstić information content (AvgIpc) is 3.08. The van der Waals surface area contributed by atoms with Crippen LogP contribution in [0.4, 0.5) is 11.5 Å². The van der Waals surface area contributed by atoms with E-state index in [9.17, 15) is 14.7 Å². The van der Waals surface area contributed by atoms with Gasteiger partial charge in [-0.1, -0.05) is 32.0 Å². The van der Waals surface area contributed by atoms with E-state index in [1.807, 2.05) is 13.8 Å². The number of anilines is 2. The second-order valence-electron chi connectivity index (χ2n) is 7.71. The lowest BCUT2D eigenvalue weighted by molar-refractivity contribution is -0.124. The highest BCUT2D eigenvalue weighted by Gasteiger charge is 2.57. The molecule has 0 saturated carbocycles. The molecule has 134 valence electrons. The summed E-state index contributed by atoms with van der Waals surface area (Å²) in [6, 6.07) is 7.13. The standard InChI is InChI=1S/C19H20N4O3/c1-18(2)7-13(24)15(14(25)8-18)19(11-9-21-23-16(11)20)10-5-3-4-6-12(10)22-17(19)26/h3-6,9,24H,7-8H2,1-2H3,(H,22,26)(H3,20,21,23). The number of fused-ring (bicyclic) bond motifs is 1. The molecule has 0 fully saturated rings. The Morgan fingerprint density at radius 3 is 2.54 bits per heavy atom. The van der Waals surface area contributed by atoms with Crippen LogP contribution in [0.15, 0.2) is 41.8 Å². The number of nitrogens with zero attached hydrogens (tertiary/aromatic N) is 1. The average molecular weight is 352 g/mol. The molecule has 1 aliphatic carbocycles. The van der Waals surface area contributed by atoms with E-state index in [2.05, 4.69) is 15.5 Å². The van der Waals surface area contributed by atoms with Crippen molar-refractivity contribution in [3.8, 4) is 0 Å². The number of ketones is 1. The van der Waals surface area contributed by atoms with Crippen LogP contribution in [0.1, 0.15) is 37.8 Å². The molecule has 7 heteroatoms. The molecular weight excluding hydrogens is 332 g/mol. The van der Waals surface area contributed by atoms with Crippen LogP contribution in [0, 0.1) is 5.41 Å². The highest BCUT2D eigenvalue weighted by molar-refractivity contribution is 6.18. The maximum Gasteiger partial charge on any atom is 0.244 e. The number of hydrogen-bond donors (Lipinski definition) is 4. The third kappa shape index (κ3) is 2.03. The number of H-pyrrole nitrogens is 1. The fraction of sp³-hybridized carbons (Fsp3) is 0.316. The van der Waals surface area contributed by atoms with Crippen molar-refractivity contribution < 1.29 is 14.7 Å². The fourth-order valence-corrected chi connectivity index (χ4v) is 4.22. The number of rotatable bonds is 2. The van der Waals surface area contributed by atoms with Gasteiger partial charge >= 0.3 is 0 Å². The van der Waals surface area contributed by atoms with Crippen LogP contribution >= 0.6 is 0 Å². The zero-order valence-electron chi connectivity index (χ0n) is 14.6. The summed E-state index contributed by atoms with van der Waals surface area (Å²) in [5.74, 6) is -0.555. The Labute approximate surface area is 150 Å². The number of nitrogens with one attached hydrogen (secondary N) is 2. The zero-order chi connectivity index (χ0) is 18.7. The van der Waals surface area contributed by atoms with Crippen LogP contribution in [-0.4, -0.2) is 27.0 Å². The Balaban J connectivity index is 2.09. The van der Waals surface area contributed by atoms with E-state index < -0.39 is 11.3 Å². The first-order valence-electron chi connectivity index (χ1n) is 8.43. The molecular formula is C19H20N4O3. The van der Waals surface area contributed by atoms with Gasteiger partial charge in [0, 0.05) is 29.7 Å². The second-order valence-corrected chi connectivity index (χ2v) is 7.71. The molecule has 0 bridgehead atoms. The minimum absolute atomic E-state index is 0.0706. The van der Waals surface area contributed by atoms with Gasteiger partial charge in [-0.15, -0.1) is 0 Å². The van der Waals surface area contributed by atoms with Gasteiger partial charge in [0.05, 0.1) is 11.8 Å². The van der Waals surface area contributed by atoms with Crippen LogP contribution in [0.25, 0.3) is 0 Å². The molecule has 7 nitrogen and oxygen atoms in total. The molecule has 2 aliphatic rings. The van der Waals surface area contributed by atoms with Gasteiger partial charge in [-0.25, -0.2) is 0 Å². The molecule has 1 aromatic carbocycles. The van der Waals surface area contributed by atoms with Crippen LogP contribution in [-0.2, 0) is 15.0 Å². The smallest absolute Gasteiger partial charge is 0.244 e. The molecule has 5 N–H and O–H groups in total. The predicted molar refractivity (Wildman–Crippen MR) is 96.5 cm³/mol. The van der Waals surface area contributed by atoms with Gasteiger partial charge in [-0.2, -0.15) is 5.10 Å². The van der Waals surface area contributed by atoms with Crippen molar-refractivity contribution in [2.45, 2.75) is 32.1 Å². The second kappa shape index (κ2) is 5.20. The van der Waals surface area contributed by atoms with Crippen LogP contribution < -0.4 is 11.1 Å². The molecule has 1 aromatic heterocycles. The van der Waals surface area contributed by atoms with Crippen molar-refractivity contribution in [1.29, 1.82) is 0 Å². The van der Waals surface area contributed by atoms with Crippen molar-refractivity contribution >= 4 is 23.2 Å². The summed E-state index contributed by atoms with van der Waals surface area (Å²) < 4.78 is 0. The Morgan fingerprint density at radius 1 is 1.15 bits per heavy atom. The first-order valence-corrected chi connectivity index (χ1v) is 8.43. The summed E-state index contributed by atoms with van der Waals surface area (Å²) in [4.78, 5) is 26.4. The van der Waals surface area contributed by atoms with Crippen molar-refractivity contribution in [3.05, 3.63) is 52.9 Å². The number of para-hydroxylation sites is 1. The fourth-order valence-electron chi connectivity index (χ4n) is 4.22. The maximum atomic E-state index is 13.2. The van der Waals surface area contributed by atoms with Crippen LogP contribution in [0.3, 0.4) is 0 Å². The quantitative estimate of drug-likeness (QED) is 0.661. The molecule has 1 atom stereocenters. The van der Waals surface area contributed by atoms with Crippen LogP contribution in [0.5, 0.6) is 0 Å². The van der Waals surface area contributed by atoms with Gasteiger partial charge in [0.15, 0.2) is 5.78 Å². The molecule has 1 amide bonds. The Bertz CT molecular complexity index is 973. The number of aromatic amines is 1. The number of carbonyl (C=O) groups excluding carboxylic acids is 2. The number of aliphatic hydroxyl groups excluding tert-OH is 1. The topological polar surface area (TPSA) is 121 Å². The van der Waals surface area contributed by atoms with Gasteiger partial charge in [0.2, 0.25) is 5.91 Å². The summed E-state index contributed by atoms with van der Waals surface area (Å²) in [6.07, 6.45) is 1.99. The number of benzene rings is 1. The Morgan fingerprint density at radius 2 is 1.88 bits per heavy atom. The van der Waals surface area contributed by atoms with E-state index in [-0.39, 0.29) is 34.8 Å². The van der Waals surface area contributed by atoms with E-state index in [1.54, 1.807) is 24.3 Å². The molecule has 4 rings (SSSR count). The molecule has 2 heterocycles. The van der Waals surface area contributed by atoms with E-state index in [0.717, 1.165) is 0 Å². The van der Waals surface area contributed by atoms with Gasteiger partial charge in [0.25, 0.3) is 0 Å². The highest BCUT2D eigenvalue weighted by Crippen LogP contribution is 2.53. The molecule has 1 aliphatic heterocycles. The number of carbonyl (C=O) groups is 2. The lowest BCUT2D eigenvalue weighted by atomic mass is 9.63. The number of Topliss-reactive ketones (excluding diaryl/α,β-unsaturated/α-hetero) is 1. The van der Waals surface area contributed by atoms with Crippen molar-refractivity contribution in [2.24, 2.45) is 5.41 Å². The third-order valence-electron chi connectivity index (χ3n) is 5.22. The molecule has 26 heavy (non-hydrogen) atoms. The molecule has 0 saturated heterocycles. The first-order chi connectivity index (χ1) is 12.3. The lowest BCUT2D eigenvalue weighted by Gasteiger charge is -2.36. The Hall–Kier alpha value is -3.09. The van der Waals surface area contributed by atoms with Gasteiger partial charge in [-0.05, 0) is 11.5 Å². The number of hydrogen-bond acceptors (Lipinski definition) is 5. The van der Waals surface area contributed by atoms with Crippen molar-refractivity contribution in [3.63, 3.8) is 0 Å². The van der Waals surface area contributed by atoms with E-state index in [4.69, 9.17) is 5.73 Å². The number of nitrogen functional groups attached to an aromatic ring is 1. The SMILES string of the molecule is CC1(C)CC(=O)C(C2(c3cn[nH]c3N)C(=O)Nc3ccccc32)=C(O)C1. The largest absolute Gasteiger partial charge is 0.512 e. The number of aromatic nitrogens is 2. The number of nitrogens with two attached hydrogens (primary N) is 1. The summed E-state index contributed by atoms with van der Waals surface area (Å²) >= 11 is 0. The number of allylic oxidation sites excluding steroid dienone is 1. The van der Waals surface area contributed by atoms with Gasteiger partial charge in [-0.3, -0.25) is 14.7 Å². The summed E-state index contributed by atoms with van der Waals surface area (Å²) in [7, 11) is 0. The highest BCUT2D eigenvalue weighted by atomic mass is 16.3. The molecule has 2 aromatic rings. The minimum atomic E-state index is -1.51. The summed E-state index contributed by atoms with van der Waals surface area (Å²) in [5, 5.41) is 20.3.